The summed E-state index contributed by atoms with van der Waals surface area (Å²) in [7, 11) is 0. The molecule has 2 heterocycles. The van der Waals surface area contributed by atoms with Gasteiger partial charge in [-0.2, -0.15) is 16.7 Å². The van der Waals surface area contributed by atoms with Gasteiger partial charge in [-0.05, 0) is 30.7 Å². The van der Waals surface area contributed by atoms with Crippen LogP contribution in [0.15, 0.2) is 22.7 Å². The highest BCUT2D eigenvalue weighted by atomic mass is 35.5. The normalized spacial score (nSPS) is 19.5. The van der Waals surface area contributed by atoms with Gasteiger partial charge in [0, 0.05) is 5.69 Å². The molecule has 3 rings (SSSR count). The van der Waals surface area contributed by atoms with Crippen molar-refractivity contribution in [3.63, 3.8) is 0 Å². The van der Waals surface area contributed by atoms with E-state index in [-0.39, 0.29) is 0 Å². The molecule has 0 spiro atoms. The minimum Gasteiger partial charge on any atom is -0.398 e. The van der Waals surface area contributed by atoms with E-state index in [4.69, 9.17) is 21.9 Å². The van der Waals surface area contributed by atoms with Crippen molar-refractivity contribution in [3.05, 3.63) is 29.0 Å². The van der Waals surface area contributed by atoms with E-state index < -0.39 is 0 Å². The Balaban J connectivity index is 1.92. The lowest BCUT2D eigenvalue weighted by atomic mass is 10.1. The number of nitrogens with zero attached hydrogens (tertiary/aromatic N) is 2. The molecule has 1 saturated heterocycles. The van der Waals surface area contributed by atoms with Crippen molar-refractivity contribution in [2.45, 2.75) is 24.5 Å². The van der Waals surface area contributed by atoms with E-state index in [0.29, 0.717) is 27.4 Å². The molecule has 100 valence electrons. The number of halogens is 1. The maximum absolute atomic E-state index is 6.15. The van der Waals surface area contributed by atoms with Gasteiger partial charge in [0.15, 0.2) is 5.82 Å². The zero-order valence-corrected chi connectivity index (χ0v) is 11.9. The molecule has 1 aromatic heterocycles. The van der Waals surface area contributed by atoms with Crippen LogP contribution in [-0.2, 0) is 0 Å². The molecule has 0 amide bonds. The number of rotatable bonds is 2. The number of nitrogens with two attached hydrogens (primary N) is 1. The lowest BCUT2D eigenvalue weighted by Crippen LogP contribution is -2.03. The van der Waals surface area contributed by atoms with Crippen molar-refractivity contribution >= 4 is 29.1 Å². The van der Waals surface area contributed by atoms with Gasteiger partial charge < -0.3 is 10.3 Å². The number of thioether (sulfide) groups is 1. The maximum Gasteiger partial charge on any atom is 0.261 e. The number of nitrogen functional groups attached to an aromatic ring is 1. The lowest BCUT2D eigenvalue weighted by Gasteiger charge is -2.17. The molecule has 0 aliphatic carbocycles. The van der Waals surface area contributed by atoms with E-state index >= 15 is 0 Å². The summed E-state index contributed by atoms with van der Waals surface area (Å²) in [6.07, 6.45) is 3.58. The minimum absolute atomic E-state index is 0.329. The number of aromatic nitrogens is 2. The van der Waals surface area contributed by atoms with Crippen LogP contribution >= 0.6 is 23.4 Å². The quantitative estimate of drug-likeness (QED) is 0.850. The van der Waals surface area contributed by atoms with Crippen molar-refractivity contribution in [1.82, 2.24) is 10.1 Å². The van der Waals surface area contributed by atoms with Crippen LogP contribution in [0.2, 0.25) is 5.02 Å². The second-order valence-electron chi connectivity index (χ2n) is 4.52. The molecule has 2 aromatic rings. The first-order valence-electron chi connectivity index (χ1n) is 6.25. The highest BCUT2D eigenvalue weighted by Crippen LogP contribution is 2.38. The Morgan fingerprint density at radius 1 is 1.37 bits per heavy atom. The maximum atomic E-state index is 6.15. The van der Waals surface area contributed by atoms with Crippen molar-refractivity contribution in [2.75, 3.05) is 11.5 Å². The zero-order valence-electron chi connectivity index (χ0n) is 10.3. The van der Waals surface area contributed by atoms with Gasteiger partial charge in [-0.15, -0.1) is 0 Å². The van der Waals surface area contributed by atoms with Crippen LogP contribution in [0.3, 0.4) is 0 Å². The fourth-order valence-corrected chi connectivity index (χ4v) is 3.67. The highest BCUT2D eigenvalue weighted by molar-refractivity contribution is 7.99. The molecular weight excluding hydrogens is 282 g/mol. The molecule has 6 heteroatoms. The summed E-state index contributed by atoms with van der Waals surface area (Å²) < 4.78 is 5.33. The standard InChI is InChI=1S/C13H14ClN3OS/c14-8-4-3-5-9(15)11(8)13-16-12(17-18-13)10-6-1-2-7-19-10/h3-5,10H,1-2,6-7,15H2. The Bertz CT molecular complexity index is 561. The summed E-state index contributed by atoms with van der Waals surface area (Å²) >= 11 is 8.03. The summed E-state index contributed by atoms with van der Waals surface area (Å²) in [6.45, 7) is 0. The molecule has 4 nitrogen and oxygen atoms in total. The van der Waals surface area contributed by atoms with E-state index in [0.717, 1.165) is 18.0 Å². The van der Waals surface area contributed by atoms with Gasteiger partial charge in [-0.1, -0.05) is 29.2 Å². The Morgan fingerprint density at radius 2 is 2.26 bits per heavy atom. The summed E-state index contributed by atoms with van der Waals surface area (Å²) in [5.41, 5.74) is 7.11. The van der Waals surface area contributed by atoms with Crippen LogP contribution in [0.5, 0.6) is 0 Å². The van der Waals surface area contributed by atoms with E-state index in [1.165, 1.54) is 12.8 Å². The van der Waals surface area contributed by atoms with Crippen LogP contribution < -0.4 is 5.73 Å². The molecule has 1 aliphatic heterocycles. The van der Waals surface area contributed by atoms with Crippen molar-refractivity contribution in [2.24, 2.45) is 0 Å². The third-order valence-corrected chi connectivity index (χ3v) is 4.86. The average molecular weight is 296 g/mol. The van der Waals surface area contributed by atoms with Gasteiger partial charge in [0.25, 0.3) is 5.89 Å². The topological polar surface area (TPSA) is 64.9 Å². The molecule has 1 aliphatic rings. The Kier molecular flexibility index (Phi) is 3.66. The number of anilines is 1. The van der Waals surface area contributed by atoms with Crippen LogP contribution in [0.4, 0.5) is 5.69 Å². The minimum atomic E-state index is 0.329. The molecule has 0 saturated carbocycles. The molecule has 0 radical (unpaired) electrons. The predicted octanol–water partition coefficient (Wildman–Crippen LogP) is 3.93. The van der Waals surface area contributed by atoms with Crippen LogP contribution in [-0.4, -0.2) is 15.9 Å². The number of hydrogen-bond acceptors (Lipinski definition) is 5. The van der Waals surface area contributed by atoms with E-state index in [9.17, 15) is 0 Å². The smallest absolute Gasteiger partial charge is 0.261 e. The van der Waals surface area contributed by atoms with Gasteiger partial charge in [-0.3, -0.25) is 0 Å². The van der Waals surface area contributed by atoms with E-state index in [2.05, 4.69) is 10.1 Å². The molecule has 19 heavy (non-hydrogen) atoms. The molecule has 1 aromatic carbocycles. The SMILES string of the molecule is Nc1cccc(Cl)c1-c1nc(C2CCCCS2)no1. The van der Waals surface area contributed by atoms with Gasteiger partial charge >= 0.3 is 0 Å². The van der Waals surface area contributed by atoms with Gasteiger partial charge in [0.05, 0.1) is 15.8 Å². The van der Waals surface area contributed by atoms with Crippen molar-refractivity contribution in [1.29, 1.82) is 0 Å². The van der Waals surface area contributed by atoms with Gasteiger partial charge in [-0.25, -0.2) is 0 Å². The van der Waals surface area contributed by atoms with Crippen LogP contribution in [0.1, 0.15) is 30.3 Å². The Morgan fingerprint density at radius 3 is 3.00 bits per heavy atom. The summed E-state index contributed by atoms with van der Waals surface area (Å²) in [5, 5.41) is 4.94. The second kappa shape index (κ2) is 5.43. The second-order valence-corrected chi connectivity index (χ2v) is 6.23. The van der Waals surface area contributed by atoms with Crippen molar-refractivity contribution in [3.8, 4) is 11.5 Å². The Labute approximate surface area is 120 Å². The van der Waals surface area contributed by atoms with Gasteiger partial charge in [0.2, 0.25) is 0 Å². The number of benzene rings is 1. The summed E-state index contributed by atoms with van der Waals surface area (Å²) in [5.74, 6) is 2.31. The highest BCUT2D eigenvalue weighted by Gasteiger charge is 2.23. The monoisotopic (exact) mass is 295 g/mol. The largest absolute Gasteiger partial charge is 0.398 e. The molecule has 1 fully saturated rings. The van der Waals surface area contributed by atoms with Gasteiger partial charge in [0.1, 0.15) is 0 Å². The Hall–Kier alpha value is -1.20. The van der Waals surface area contributed by atoms with E-state index in [1.807, 2.05) is 11.8 Å². The van der Waals surface area contributed by atoms with Crippen molar-refractivity contribution < 1.29 is 4.52 Å². The van der Waals surface area contributed by atoms with Crippen LogP contribution in [0.25, 0.3) is 11.5 Å². The average Bonchev–Trinajstić information content (AvgIpc) is 2.89. The fraction of sp³-hybridized carbons (Fsp3) is 0.385. The summed E-state index contributed by atoms with van der Waals surface area (Å²) in [6, 6.07) is 5.35. The third kappa shape index (κ3) is 2.58. The predicted molar refractivity (Wildman–Crippen MR) is 78.2 cm³/mol. The first-order chi connectivity index (χ1) is 9.25. The molecule has 1 atom stereocenters. The molecule has 1 unspecified atom stereocenters. The first-order valence-corrected chi connectivity index (χ1v) is 7.68. The molecule has 0 bridgehead atoms. The molecular formula is C13H14ClN3OS. The third-order valence-electron chi connectivity index (χ3n) is 3.17. The van der Waals surface area contributed by atoms with Crippen LogP contribution in [0, 0.1) is 0 Å². The summed E-state index contributed by atoms with van der Waals surface area (Å²) in [4.78, 5) is 4.46. The molecule has 2 N–H and O–H groups in total. The van der Waals surface area contributed by atoms with E-state index in [1.54, 1.807) is 18.2 Å². The first kappa shape index (κ1) is 12.8. The zero-order chi connectivity index (χ0) is 13.2. The number of hydrogen-bond donors (Lipinski definition) is 1. The lowest BCUT2D eigenvalue weighted by molar-refractivity contribution is 0.420. The fourth-order valence-electron chi connectivity index (χ4n) is 2.18.